The summed E-state index contributed by atoms with van der Waals surface area (Å²) in [5, 5.41) is 0.126. The zero-order valence-corrected chi connectivity index (χ0v) is 15.0. The minimum Gasteiger partial charge on any atom is -0.410 e. The monoisotopic (exact) mass is 304 g/mol. The van der Waals surface area contributed by atoms with Crippen molar-refractivity contribution in [3.63, 3.8) is 0 Å². The molecule has 1 atom stereocenters. The molecule has 0 aromatic heterocycles. The van der Waals surface area contributed by atoms with E-state index in [1.165, 1.54) is 5.56 Å². The van der Waals surface area contributed by atoms with Gasteiger partial charge in [-0.3, -0.25) is 4.79 Å². The molecule has 0 heterocycles. The second-order valence-electron chi connectivity index (χ2n) is 7.08. The lowest BCUT2D eigenvalue weighted by molar-refractivity contribution is -0.105. The van der Waals surface area contributed by atoms with Crippen molar-refractivity contribution in [1.29, 1.82) is 0 Å². The maximum atomic E-state index is 11.1. The lowest BCUT2D eigenvalue weighted by Gasteiger charge is -2.39. The number of hydrogen-bond acceptors (Lipinski definition) is 2. The molecule has 0 saturated heterocycles. The van der Waals surface area contributed by atoms with Gasteiger partial charge >= 0.3 is 0 Å². The molecular formula is C18H28O2Si. The van der Waals surface area contributed by atoms with Crippen molar-refractivity contribution in [3.05, 3.63) is 48.0 Å². The van der Waals surface area contributed by atoms with E-state index in [4.69, 9.17) is 4.43 Å². The van der Waals surface area contributed by atoms with E-state index in [0.717, 1.165) is 19.1 Å². The summed E-state index contributed by atoms with van der Waals surface area (Å²) in [6.07, 6.45) is 2.35. The summed E-state index contributed by atoms with van der Waals surface area (Å²) >= 11 is 0. The SMILES string of the molecule is C=C(C=O)C(CCc1ccccc1)O[Si](C)(C)C(C)(C)C. The van der Waals surface area contributed by atoms with Crippen LogP contribution in [0.1, 0.15) is 32.8 Å². The van der Waals surface area contributed by atoms with Crippen molar-refractivity contribution in [1.82, 2.24) is 0 Å². The highest BCUT2D eigenvalue weighted by Crippen LogP contribution is 2.38. The molecule has 1 aromatic carbocycles. The smallest absolute Gasteiger partial charge is 0.192 e. The molecule has 2 nitrogen and oxygen atoms in total. The summed E-state index contributed by atoms with van der Waals surface area (Å²) in [4.78, 5) is 11.1. The van der Waals surface area contributed by atoms with Gasteiger partial charge in [0.15, 0.2) is 8.32 Å². The highest BCUT2D eigenvalue weighted by Gasteiger charge is 2.39. The maximum Gasteiger partial charge on any atom is 0.192 e. The first-order valence-electron chi connectivity index (χ1n) is 7.53. The van der Waals surface area contributed by atoms with Gasteiger partial charge in [0.1, 0.15) is 6.29 Å². The Morgan fingerprint density at radius 1 is 1.29 bits per heavy atom. The van der Waals surface area contributed by atoms with Crippen molar-refractivity contribution in [2.75, 3.05) is 0 Å². The van der Waals surface area contributed by atoms with E-state index < -0.39 is 8.32 Å². The minimum absolute atomic E-state index is 0.126. The van der Waals surface area contributed by atoms with Crippen molar-refractivity contribution in [2.24, 2.45) is 0 Å². The lowest BCUT2D eigenvalue weighted by atomic mass is 10.0. The molecule has 0 bridgehead atoms. The Morgan fingerprint density at radius 3 is 2.33 bits per heavy atom. The molecule has 0 aliphatic heterocycles. The molecule has 0 fully saturated rings. The summed E-state index contributed by atoms with van der Waals surface area (Å²) in [5.41, 5.74) is 1.82. The summed E-state index contributed by atoms with van der Waals surface area (Å²) in [6.45, 7) is 14.9. The zero-order valence-electron chi connectivity index (χ0n) is 14.0. The van der Waals surface area contributed by atoms with E-state index in [1.54, 1.807) is 0 Å². The van der Waals surface area contributed by atoms with Crippen LogP contribution in [0.25, 0.3) is 0 Å². The molecule has 21 heavy (non-hydrogen) atoms. The first-order chi connectivity index (χ1) is 9.67. The summed E-state index contributed by atoms with van der Waals surface area (Å²) in [5.74, 6) is 0. The average molecular weight is 305 g/mol. The summed E-state index contributed by atoms with van der Waals surface area (Å²) in [7, 11) is -1.90. The van der Waals surface area contributed by atoms with Crippen LogP contribution in [-0.2, 0) is 15.6 Å². The highest BCUT2D eigenvalue weighted by atomic mass is 28.4. The minimum atomic E-state index is -1.90. The van der Waals surface area contributed by atoms with Crippen molar-refractivity contribution in [2.45, 2.75) is 57.8 Å². The van der Waals surface area contributed by atoms with Gasteiger partial charge in [-0.15, -0.1) is 0 Å². The van der Waals surface area contributed by atoms with Gasteiger partial charge in [-0.1, -0.05) is 57.7 Å². The zero-order chi connectivity index (χ0) is 16.1. The van der Waals surface area contributed by atoms with Crippen molar-refractivity contribution < 1.29 is 9.22 Å². The van der Waals surface area contributed by atoms with Gasteiger partial charge in [0.25, 0.3) is 0 Å². The second kappa shape index (κ2) is 7.19. The number of rotatable bonds is 7. The van der Waals surface area contributed by atoms with Gasteiger partial charge in [-0.25, -0.2) is 0 Å². The normalized spacial score (nSPS) is 13.8. The largest absolute Gasteiger partial charge is 0.410 e. The Labute approximate surface area is 130 Å². The van der Waals surface area contributed by atoms with Gasteiger partial charge in [0, 0.05) is 5.57 Å². The van der Waals surface area contributed by atoms with Gasteiger partial charge in [-0.05, 0) is 36.5 Å². The number of carbonyl (C=O) groups is 1. The molecular weight excluding hydrogens is 276 g/mol. The Morgan fingerprint density at radius 2 is 1.86 bits per heavy atom. The third-order valence-electron chi connectivity index (χ3n) is 4.35. The summed E-state index contributed by atoms with van der Waals surface area (Å²) < 4.78 is 6.38. The number of aldehydes is 1. The van der Waals surface area contributed by atoms with E-state index in [2.05, 4.69) is 52.6 Å². The van der Waals surface area contributed by atoms with Gasteiger partial charge in [0.05, 0.1) is 6.10 Å². The molecule has 1 unspecified atom stereocenters. The maximum absolute atomic E-state index is 11.1. The third kappa shape index (κ3) is 5.25. The van der Waals surface area contributed by atoms with E-state index in [-0.39, 0.29) is 11.1 Å². The number of hydrogen-bond donors (Lipinski definition) is 0. The van der Waals surface area contributed by atoms with Gasteiger partial charge in [-0.2, -0.15) is 0 Å². The van der Waals surface area contributed by atoms with E-state index >= 15 is 0 Å². The van der Waals surface area contributed by atoms with Crippen LogP contribution in [0.2, 0.25) is 18.1 Å². The fourth-order valence-electron chi connectivity index (χ4n) is 1.87. The number of carbonyl (C=O) groups excluding carboxylic acids is 1. The fourth-order valence-corrected chi connectivity index (χ4v) is 3.20. The molecule has 1 aromatic rings. The predicted molar refractivity (Wildman–Crippen MR) is 92.0 cm³/mol. The first-order valence-corrected chi connectivity index (χ1v) is 10.4. The molecule has 0 aliphatic rings. The molecule has 0 aliphatic carbocycles. The molecule has 1 rings (SSSR count). The van der Waals surface area contributed by atoms with Crippen LogP contribution in [0.15, 0.2) is 42.5 Å². The van der Waals surface area contributed by atoms with Crippen LogP contribution in [0.5, 0.6) is 0 Å². The van der Waals surface area contributed by atoms with Crippen molar-refractivity contribution in [3.8, 4) is 0 Å². The molecule has 0 amide bonds. The average Bonchev–Trinajstić information content (AvgIpc) is 2.42. The van der Waals surface area contributed by atoms with Crippen LogP contribution < -0.4 is 0 Å². The Bertz CT molecular complexity index is 472. The van der Waals surface area contributed by atoms with Crippen LogP contribution in [0, 0.1) is 0 Å². The topological polar surface area (TPSA) is 26.3 Å². The summed E-state index contributed by atoms with van der Waals surface area (Å²) in [6, 6.07) is 10.3. The quantitative estimate of drug-likeness (QED) is 0.412. The molecule has 3 heteroatoms. The molecule has 0 spiro atoms. The Kier molecular flexibility index (Phi) is 6.11. The van der Waals surface area contributed by atoms with Crippen LogP contribution in [-0.4, -0.2) is 20.7 Å². The van der Waals surface area contributed by atoms with E-state index in [1.807, 2.05) is 18.2 Å². The predicted octanol–water partition coefficient (Wildman–Crippen LogP) is 4.76. The second-order valence-corrected chi connectivity index (χ2v) is 11.8. The Hall–Kier alpha value is -1.19. The molecule has 0 saturated carbocycles. The van der Waals surface area contributed by atoms with E-state index in [9.17, 15) is 4.79 Å². The van der Waals surface area contributed by atoms with E-state index in [0.29, 0.717) is 5.57 Å². The van der Waals surface area contributed by atoms with Crippen LogP contribution in [0.4, 0.5) is 0 Å². The molecule has 0 radical (unpaired) electrons. The fraction of sp³-hybridized carbons (Fsp3) is 0.500. The van der Waals surface area contributed by atoms with Crippen LogP contribution in [0.3, 0.4) is 0 Å². The standard InChI is InChI=1S/C18H28O2Si/c1-15(14-19)17(20-21(5,6)18(2,3)4)13-12-16-10-8-7-9-11-16/h7-11,14,17H,1,12-13H2,2-6H3. The number of aryl methyl sites for hydroxylation is 1. The lowest BCUT2D eigenvalue weighted by Crippen LogP contribution is -2.44. The molecule has 116 valence electrons. The molecule has 0 N–H and O–H groups in total. The Balaban J connectivity index is 2.78. The highest BCUT2D eigenvalue weighted by molar-refractivity contribution is 6.74. The van der Waals surface area contributed by atoms with Crippen molar-refractivity contribution >= 4 is 14.6 Å². The third-order valence-corrected chi connectivity index (χ3v) is 8.83. The van der Waals surface area contributed by atoms with Crippen LogP contribution >= 0.6 is 0 Å². The van der Waals surface area contributed by atoms with Gasteiger partial charge < -0.3 is 4.43 Å². The van der Waals surface area contributed by atoms with Gasteiger partial charge in [0.2, 0.25) is 0 Å². The first kappa shape index (κ1) is 17.9. The number of benzene rings is 1.